The summed E-state index contributed by atoms with van der Waals surface area (Å²) in [6, 6.07) is 3.72. The normalized spacial score (nSPS) is 23.1. The molecule has 7 heteroatoms. The molecule has 0 radical (unpaired) electrons. The maximum Gasteiger partial charge on any atom is 0.264 e. The van der Waals surface area contributed by atoms with Crippen molar-refractivity contribution >= 4 is 29.1 Å². The van der Waals surface area contributed by atoms with Gasteiger partial charge < -0.3 is 9.64 Å². The summed E-state index contributed by atoms with van der Waals surface area (Å²) < 4.78 is 5.77. The van der Waals surface area contributed by atoms with E-state index in [9.17, 15) is 14.4 Å². The van der Waals surface area contributed by atoms with Crippen molar-refractivity contribution in [1.29, 1.82) is 0 Å². The molecule has 0 bridgehead atoms. The van der Waals surface area contributed by atoms with Crippen molar-refractivity contribution in [2.24, 2.45) is 0 Å². The van der Waals surface area contributed by atoms with Crippen molar-refractivity contribution < 1.29 is 19.1 Å². The molecule has 1 aromatic rings. The lowest BCUT2D eigenvalue weighted by Crippen LogP contribution is -2.51. The van der Waals surface area contributed by atoms with E-state index in [0.717, 1.165) is 12.8 Å². The fourth-order valence-electron chi connectivity index (χ4n) is 3.54. The van der Waals surface area contributed by atoms with E-state index >= 15 is 0 Å². The molecule has 3 heterocycles. The van der Waals surface area contributed by atoms with E-state index in [4.69, 9.17) is 4.74 Å². The monoisotopic (exact) mass is 364 g/mol. The molecule has 136 valence electrons. The van der Waals surface area contributed by atoms with Gasteiger partial charge in [0.25, 0.3) is 5.91 Å². The third-order valence-electron chi connectivity index (χ3n) is 4.82. The summed E-state index contributed by atoms with van der Waals surface area (Å²) in [7, 11) is 0. The van der Waals surface area contributed by atoms with E-state index in [-0.39, 0.29) is 48.8 Å². The lowest BCUT2D eigenvalue weighted by Gasteiger charge is -2.41. The first kappa shape index (κ1) is 18.1. The second kappa shape index (κ2) is 7.25. The second-order valence-corrected chi connectivity index (χ2v) is 8.12. The van der Waals surface area contributed by atoms with Crippen LogP contribution in [0.25, 0.3) is 0 Å². The number of amides is 3. The van der Waals surface area contributed by atoms with Crippen LogP contribution in [0.1, 0.15) is 49.2 Å². The molecule has 6 nitrogen and oxygen atoms in total. The third-order valence-corrected chi connectivity index (χ3v) is 5.68. The predicted octanol–water partition coefficient (Wildman–Crippen LogP) is 2.30. The van der Waals surface area contributed by atoms with E-state index in [1.54, 1.807) is 0 Å². The Labute approximate surface area is 151 Å². The van der Waals surface area contributed by atoms with Gasteiger partial charge in [-0.1, -0.05) is 6.07 Å². The van der Waals surface area contributed by atoms with Crippen LogP contribution < -0.4 is 0 Å². The standard InChI is InChI=1S/C18H24N2O4S/c1-18(2)12-13(7-10-24-18)19(17(23)14-4-3-11-25-14)8-9-20-15(21)5-6-16(20)22/h3-4,11,13H,5-10,12H2,1-2H3/t13-/m1/s1. The number of carbonyl (C=O) groups excluding carboxylic acids is 3. The number of likely N-dealkylation sites (tertiary alicyclic amines) is 1. The number of rotatable bonds is 5. The average Bonchev–Trinajstić information content (AvgIpc) is 3.19. The van der Waals surface area contributed by atoms with Gasteiger partial charge in [0.1, 0.15) is 0 Å². The van der Waals surface area contributed by atoms with E-state index in [2.05, 4.69) is 0 Å². The Bertz CT molecular complexity index is 640. The van der Waals surface area contributed by atoms with Gasteiger partial charge in [0.2, 0.25) is 11.8 Å². The molecular formula is C18H24N2O4S. The van der Waals surface area contributed by atoms with E-state index < -0.39 is 0 Å². The highest BCUT2D eigenvalue weighted by Gasteiger charge is 2.36. The van der Waals surface area contributed by atoms with Crippen LogP contribution in [0.15, 0.2) is 17.5 Å². The van der Waals surface area contributed by atoms with Crippen LogP contribution >= 0.6 is 11.3 Å². The highest BCUT2D eigenvalue weighted by Crippen LogP contribution is 2.29. The molecule has 0 spiro atoms. The molecule has 3 amide bonds. The third kappa shape index (κ3) is 4.10. The molecule has 0 aliphatic carbocycles. The fraction of sp³-hybridized carbons (Fsp3) is 0.611. The lowest BCUT2D eigenvalue weighted by molar-refractivity contribution is -0.138. The lowest BCUT2D eigenvalue weighted by atomic mass is 9.92. The van der Waals surface area contributed by atoms with Crippen molar-refractivity contribution in [3.05, 3.63) is 22.4 Å². The molecule has 2 aliphatic rings. The maximum absolute atomic E-state index is 13.0. The molecule has 2 fully saturated rings. The number of imide groups is 1. The minimum absolute atomic E-state index is 0.0307. The Morgan fingerprint density at radius 1 is 1.36 bits per heavy atom. The van der Waals surface area contributed by atoms with Crippen molar-refractivity contribution in [2.75, 3.05) is 19.7 Å². The SMILES string of the molecule is CC1(C)C[C@H](N(CCN2C(=O)CCC2=O)C(=O)c2cccs2)CCO1. The van der Waals surface area contributed by atoms with Gasteiger partial charge >= 0.3 is 0 Å². The van der Waals surface area contributed by atoms with Crippen LogP contribution in [0.3, 0.4) is 0 Å². The van der Waals surface area contributed by atoms with Crippen molar-refractivity contribution in [3.63, 3.8) is 0 Å². The van der Waals surface area contributed by atoms with Gasteiger partial charge in [-0.25, -0.2) is 0 Å². The van der Waals surface area contributed by atoms with Crippen molar-refractivity contribution in [1.82, 2.24) is 9.80 Å². The summed E-state index contributed by atoms with van der Waals surface area (Å²) in [6.45, 7) is 5.30. The van der Waals surface area contributed by atoms with Crippen LogP contribution in [-0.2, 0) is 14.3 Å². The molecule has 1 atom stereocenters. The number of hydrogen-bond acceptors (Lipinski definition) is 5. The summed E-state index contributed by atoms with van der Waals surface area (Å²) >= 11 is 1.41. The first-order chi connectivity index (χ1) is 11.9. The Kier molecular flexibility index (Phi) is 5.24. The van der Waals surface area contributed by atoms with Gasteiger partial charge in [-0.3, -0.25) is 19.3 Å². The van der Waals surface area contributed by atoms with Crippen LogP contribution in [0, 0.1) is 0 Å². The molecular weight excluding hydrogens is 340 g/mol. The van der Waals surface area contributed by atoms with Crippen molar-refractivity contribution in [2.45, 2.75) is 51.2 Å². The Balaban J connectivity index is 1.75. The van der Waals surface area contributed by atoms with Crippen LogP contribution in [0.4, 0.5) is 0 Å². The number of hydrogen-bond donors (Lipinski definition) is 0. The van der Waals surface area contributed by atoms with Crippen LogP contribution in [0.5, 0.6) is 0 Å². The van der Waals surface area contributed by atoms with Crippen LogP contribution in [-0.4, -0.2) is 58.9 Å². The number of thiophene rings is 1. The molecule has 0 unspecified atom stereocenters. The summed E-state index contributed by atoms with van der Waals surface area (Å²) in [4.78, 5) is 40.5. The van der Waals surface area contributed by atoms with Crippen LogP contribution in [0.2, 0.25) is 0 Å². The van der Waals surface area contributed by atoms with Gasteiger partial charge in [-0.2, -0.15) is 0 Å². The first-order valence-corrected chi connectivity index (χ1v) is 9.57. The average molecular weight is 364 g/mol. The van der Waals surface area contributed by atoms with Gasteiger partial charge in [-0.05, 0) is 38.1 Å². The molecule has 0 N–H and O–H groups in total. The zero-order valence-electron chi connectivity index (χ0n) is 14.7. The maximum atomic E-state index is 13.0. The largest absolute Gasteiger partial charge is 0.375 e. The predicted molar refractivity (Wildman–Crippen MR) is 94.4 cm³/mol. The summed E-state index contributed by atoms with van der Waals surface area (Å²) in [5.74, 6) is -0.307. The Morgan fingerprint density at radius 3 is 2.68 bits per heavy atom. The summed E-state index contributed by atoms with van der Waals surface area (Å²) in [6.07, 6.45) is 2.07. The van der Waals surface area contributed by atoms with E-state index in [1.165, 1.54) is 16.2 Å². The molecule has 0 saturated carbocycles. The minimum Gasteiger partial charge on any atom is -0.375 e. The molecule has 2 aliphatic heterocycles. The Morgan fingerprint density at radius 2 is 2.08 bits per heavy atom. The second-order valence-electron chi connectivity index (χ2n) is 7.17. The number of nitrogens with zero attached hydrogens (tertiary/aromatic N) is 2. The highest BCUT2D eigenvalue weighted by molar-refractivity contribution is 7.12. The minimum atomic E-state index is -0.282. The van der Waals surface area contributed by atoms with E-state index in [1.807, 2.05) is 36.3 Å². The molecule has 0 aromatic carbocycles. The molecule has 3 rings (SSSR count). The fourth-order valence-corrected chi connectivity index (χ4v) is 4.22. The quantitative estimate of drug-likeness (QED) is 0.752. The first-order valence-electron chi connectivity index (χ1n) is 8.69. The number of carbonyl (C=O) groups is 3. The zero-order valence-corrected chi connectivity index (χ0v) is 15.5. The number of ether oxygens (including phenoxy) is 1. The molecule has 25 heavy (non-hydrogen) atoms. The summed E-state index contributed by atoms with van der Waals surface area (Å²) in [5, 5.41) is 1.88. The topological polar surface area (TPSA) is 66.9 Å². The van der Waals surface area contributed by atoms with Crippen molar-refractivity contribution in [3.8, 4) is 0 Å². The smallest absolute Gasteiger partial charge is 0.264 e. The van der Waals surface area contributed by atoms with Gasteiger partial charge in [-0.15, -0.1) is 11.3 Å². The molecule has 1 aromatic heterocycles. The summed E-state index contributed by atoms with van der Waals surface area (Å²) in [5.41, 5.74) is -0.282. The molecule has 2 saturated heterocycles. The Hall–Kier alpha value is -1.73. The van der Waals surface area contributed by atoms with Gasteiger partial charge in [0, 0.05) is 38.6 Å². The van der Waals surface area contributed by atoms with Gasteiger partial charge in [0.05, 0.1) is 10.5 Å². The van der Waals surface area contributed by atoms with Gasteiger partial charge in [0.15, 0.2) is 0 Å². The van der Waals surface area contributed by atoms with E-state index in [0.29, 0.717) is 18.0 Å². The zero-order chi connectivity index (χ0) is 18.0. The highest BCUT2D eigenvalue weighted by atomic mass is 32.1.